The molecule has 29 heavy (non-hydrogen) atoms. The van der Waals surface area contributed by atoms with E-state index in [1.165, 1.54) is 25.3 Å². The molecule has 2 aromatic rings. The fourth-order valence-corrected chi connectivity index (χ4v) is 4.11. The SMILES string of the molecule is COc1ccc(CCNS(=O)(=O)c2ccc(OC)c(N3C(=O)CCC3=O)c2)cc1. The summed E-state index contributed by atoms with van der Waals surface area (Å²) < 4.78 is 38.2. The number of anilines is 1. The molecule has 0 bridgehead atoms. The first-order chi connectivity index (χ1) is 13.9. The van der Waals surface area contributed by atoms with Crippen LogP contribution in [-0.4, -0.2) is 41.0 Å². The monoisotopic (exact) mass is 418 g/mol. The molecule has 3 rings (SSSR count). The summed E-state index contributed by atoms with van der Waals surface area (Å²) in [7, 11) is -0.862. The van der Waals surface area contributed by atoms with Gasteiger partial charge in [-0.05, 0) is 42.3 Å². The molecule has 1 saturated heterocycles. The average molecular weight is 418 g/mol. The molecule has 9 heteroatoms. The number of carbonyl (C=O) groups excluding carboxylic acids is 2. The van der Waals surface area contributed by atoms with Gasteiger partial charge in [0, 0.05) is 19.4 Å². The number of imide groups is 1. The molecular formula is C20H22N2O6S. The van der Waals surface area contributed by atoms with E-state index in [1.54, 1.807) is 7.11 Å². The quantitative estimate of drug-likeness (QED) is 0.657. The number of benzene rings is 2. The number of nitrogens with zero attached hydrogens (tertiary/aromatic N) is 1. The number of nitrogens with one attached hydrogen (secondary N) is 1. The van der Waals surface area contributed by atoms with Gasteiger partial charge in [0.25, 0.3) is 0 Å². The number of ether oxygens (including phenoxy) is 2. The molecule has 2 amide bonds. The fraction of sp³-hybridized carbons (Fsp3) is 0.300. The highest BCUT2D eigenvalue weighted by Gasteiger charge is 2.33. The number of hydrogen-bond acceptors (Lipinski definition) is 6. The summed E-state index contributed by atoms with van der Waals surface area (Å²) in [5, 5.41) is 0. The summed E-state index contributed by atoms with van der Waals surface area (Å²) in [5.41, 5.74) is 1.09. The third-order valence-corrected chi connectivity index (χ3v) is 6.08. The zero-order chi connectivity index (χ0) is 21.0. The minimum atomic E-state index is -3.83. The number of amides is 2. The van der Waals surface area contributed by atoms with Crippen LogP contribution in [0.4, 0.5) is 5.69 Å². The van der Waals surface area contributed by atoms with Crippen molar-refractivity contribution in [2.24, 2.45) is 0 Å². The van der Waals surface area contributed by atoms with Crippen molar-refractivity contribution in [3.63, 3.8) is 0 Å². The predicted molar refractivity (Wildman–Crippen MR) is 107 cm³/mol. The van der Waals surface area contributed by atoms with Gasteiger partial charge in [-0.25, -0.2) is 18.0 Å². The molecule has 1 N–H and O–H groups in total. The van der Waals surface area contributed by atoms with Crippen molar-refractivity contribution in [3.8, 4) is 11.5 Å². The second-order valence-corrected chi connectivity index (χ2v) is 8.22. The molecule has 1 fully saturated rings. The number of hydrogen-bond donors (Lipinski definition) is 1. The molecule has 0 spiro atoms. The van der Waals surface area contributed by atoms with Gasteiger partial charge in [-0.15, -0.1) is 0 Å². The molecule has 0 radical (unpaired) electrons. The Kier molecular flexibility index (Phi) is 6.19. The van der Waals surface area contributed by atoms with Crippen molar-refractivity contribution in [3.05, 3.63) is 48.0 Å². The van der Waals surface area contributed by atoms with Gasteiger partial charge < -0.3 is 9.47 Å². The largest absolute Gasteiger partial charge is 0.497 e. The van der Waals surface area contributed by atoms with E-state index in [0.717, 1.165) is 16.2 Å². The van der Waals surface area contributed by atoms with Gasteiger partial charge in [-0.1, -0.05) is 12.1 Å². The molecule has 1 heterocycles. The minimum absolute atomic E-state index is 0.0458. The van der Waals surface area contributed by atoms with Crippen molar-refractivity contribution in [2.45, 2.75) is 24.2 Å². The van der Waals surface area contributed by atoms with E-state index in [-0.39, 0.29) is 47.5 Å². The summed E-state index contributed by atoms with van der Waals surface area (Å²) in [6.45, 7) is 0.192. The molecule has 0 saturated carbocycles. The smallest absolute Gasteiger partial charge is 0.240 e. The van der Waals surface area contributed by atoms with E-state index in [2.05, 4.69) is 4.72 Å². The van der Waals surface area contributed by atoms with Gasteiger partial charge >= 0.3 is 0 Å². The Hall–Kier alpha value is -2.91. The van der Waals surface area contributed by atoms with Crippen molar-refractivity contribution in [1.82, 2.24) is 4.72 Å². The molecule has 0 unspecified atom stereocenters. The molecule has 0 atom stereocenters. The maximum atomic E-state index is 12.7. The standard InChI is InChI=1S/C20H22N2O6S/c1-27-15-5-3-14(4-6-15)11-12-21-29(25,26)16-7-8-18(28-2)17(13-16)22-19(23)9-10-20(22)24/h3-8,13,21H,9-12H2,1-2H3. The molecule has 154 valence electrons. The summed E-state index contributed by atoms with van der Waals surface area (Å²) in [6.07, 6.45) is 0.688. The number of sulfonamides is 1. The fourth-order valence-electron chi connectivity index (χ4n) is 3.06. The summed E-state index contributed by atoms with van der Waals surface area (Å²) in [4.78, 5) is 25.1. The summed E-state index contributed by atoms with van der Waals surface area (Å²) >= 11 is 0. The first kappa shape index (κ1) is 20.8. The first-order valence-corrected chi connectivity index (χ1v) is 10.5. The molecule has 2 aromatic carbocycles. The van der Waals surface area contributed by atoms with Gasteiger partial charge in [0.2, 0.25) is 21.8 Å². The van der Waals surface area contributed by atoms with E-state index >= 15 is 0 Å². The van der Waals surface area contributed by atoms with Crippen molar-refractivity contribution < 1.29 is 27.5 Å². The van der Waals surface area contributed by atoms with Crippen LogP contribution in [-0.2, 0) is 26.0 Å². The third-order valence-electron chi connectivity index (χ3n) is 4.62. The van der Waals surface area contributed by atoms with Gasteiger partial charge in [0.1, 0.15) is 11.5 Å². The first-order valence-electron chi connectivity index (χ1n) is 9.02. The second kappa shape index (κ2) is 8.62. The minimum Gasteiger partial charge on any atom is -0.497 e. The third kappa shape index (κ3) is 4.57. The van der Waals surface area contributed by atoms with Crippen molar-refractivity contribution in [1.29, 1.82) is 0 Å². The lowest BCUT2D eigenvalue weighted by Crippen LogP contribution is -2.30. The lowest BCUT2D eigenvalue weighted by atomic mass is 10.1. The van der Waals surface area contributed by atoms with Gasteiger partial charge in [0.15, 0.2) is 0 Å². The highest BCUT2D eigenvalue weighted by Crippen LogP contribution is 2.34. The molecular weight excluding hydrogens is 396 g/mol. The van der Waals surface area contributed by atoms with Crippen LogP contribution in [0.25, 0.3) is 0 Å². The lowest BCUT2D eigenvalue weighted by Gasteiger charge is -2.18. The van der Waals surface area contributed by atoms with Crippen molar-refractivity contribution >= 4 is 27.5 Å². The highest BCUT2D eigenvalue weighted by molar-refractivity contribution is 7.89. The van der Waals surface area contributed by atoms with Crippen LogP contribution in [0.3, 0.4) is 0 Å². The topological polar surface area (TPSA) is 102 Å². The maximum Gasteiger partial charge on any atom is 0.240 e. The average Bonchev–Trinajstić information content (AvgIpc) is 3.06. The summed E-state index contributed by atoms with van der Waals surface area (Å²) in [6, 6.07) is 11.4. The van der Waals surface area contributed by atoms with Crippen LogP contribution >= 0.6 is 0 Å². The van der Waals surface area contributed by atoms with Crippen LogP contribution in [0.15, 0.2) is 47.4 Å². The molecule has 1 aliphatic heterocycles. The highest BCUT2D eigenvalue weighted by atomic mass is 32.2. The van der Waals surface area contributed by atoms with E-state index in [9.17, 15) is 18.0 Å². The van der Waals surface area contributed by atoms with E-state index in [0.29, 0.717) is 6.42 Å². The van der Waals surface area contributed by atoms with E-state index < -0.39 is 10.0 Å². The van der Waals surface area contributed by atoms with E-state index in [1.807, 2.05) is 24.3 Å². The van der Waals surface area contributed by atoms with Crippen molar-refractivity contribution in [2.75, 3.05) is 25.7 Å². The lowest BCUT2D eigenvalue weighted by molar-refractivity contribution is -0.121. The normalized spacial score (nSPS) is 14.3. The molecule has 1 aliphatic rings. The zero-order valence-corrected chi connectivity index (χ0v) is 17.0. The van der Waals surface area contributed by atoms with Crippen LogP contribution in [0.5, 0.6) is 11.5 Å². The van der Waals surface area contributed by atoms with Crippen LogP contribution in [0.1, 0.15) is 18.4 Å². The number of rotatable bonds is 8. The van der Waals surface area contributed by atoms with Gasteiger partial charge in [-0.2, -0.15) is 0 Å². The Morgan fingerprint density at radius 2 is 1.62 bits per heavy atom. The second-order valence-electron chi connectivity index (χ2n) is 6.45. The molecule has 8 nitrogen and oxygen atoms in total. The van der Waals surface area contributed by atoms with E-state index in [4.69, 9.17) is 9.47 Å². The van der Waals surface area contributed by atoms with Crippen LogP contribution in [0.2, 0.25) is 0 Å². The number of carbonyl (C=O) groups is 2. The predicted octanol–water partition coefficient (Wildman–Crippen LogP) is 1.88. The maximum absolute atomic E-state index is 12.7. The van der Waals surface area contributed by atoms with Gasteiger partial charge in [-0.3, -0.25) is 9.59 Å². The Bertz CT molecular complexity index is 1000. The molecule has 0 aromatic heterocycles. The Morgan fingerprint density at radius 3 is 2.21 bits per heavy atom. The summed E-state index contributed by atoms with van der Waals surface area (Å²) in [5.74, 6) is 0.225. The molecule has 0 aliphatic carbocycles. The number of methoxy groups -OCH3 is 2. The van der Waals surface area contributed by atoms with Crippen LogP contribution in [0, 0.1) is 0 Å². The van der Waals surface area contributed by atoms with Crippen LogP contribution < -0.4 is 19.1 Å². The Balaban J connectivity index is 1.76. The zero-order valence-electron chi connectivity index (χ0n) is 16.2. The Labute approximate surface area is 169 Å². The van der Waals surface area contributed by atoms with Gasteiger partial charge in [0.05, 0.1) is 24.8 Å². The Morgan fingerprint density at radius 1 is 0.966 bits per heavy atom.